The van der Waals surface area contributed by atoms with E-state index in [4.69, 9.17) is 0 Å². The van der Waals surface area contributed by atoms with E-state index in [-0.39, 0.29) is 0 Å². The van der Waals surface area contributed by atoms with E-state index >= 15 is 0 Å². The Bertz CT molecular complexity index is 481. The molecule has 232 valence electrons. The van der Waals surface area contributed by atoms with Gasteiger partial charge in [0.1, 0.15) is 0 Å². The van der Waals surface area contributed by atoms with Crippen molar-refractivity contribution in [3.63, 3.8) is 0 Å². The minimum atomic E-state index is 0.818. The highest BCUT2D eigenvalue weighted by molar-refractivity contribution is 4.83. The van der Waals surface area contributed by atoms with E-state index in [1.165, 1.54) is 187 Å². The highest BCUT2D eigenvalue weighted by Gasteiger charge is 2.09. The number of rotatable bonds is 33. The second-order valence-corrected chi connectivity index (χ2v) is 12.7. The van der Waals surface area contributed by atoms with E-state index in [1.54, 1.807) is 0 Å². The maximum Gasteiger partial charge on any atom is 0.00161 e. The largest absolute Gasteiger partial charge is 0.302 e. The average molecular weight is 546 g/mol. The Morgan fingerprint density at radius 2 is 0.872 bits per heavy atom. The third kappa shape index (κ3) is 31.8. The summed E-state index contributed by atoms with van der Waals surface area (Å²) in [5.74, 6) is 0.818. The molecular weight excluding hydrogens is 470 g/mol. The molecule has 1 nitrogen and oxygen atoms in total. The van der Waals surface area contributed by atoms with Gasteiger partial charge in [-0.2, -0.15) is 0 Å². The van der Waals surface area contributed by atoms with Gasteiger partial charge in [-0.3, -0.25) is 0 Å². The van der Waals surface area contributed by atoms with E-state index in [1.807, 2.05) is 0 Å². The molecule has 0 aliphatic heterocycles. The van der Waals surface area contributed by atoms with E-state index in [0.29, 0.717) is 0 Å². The molecule has 0 aromatic heterocycles. The average Bonchev–Trinajstić information content (AvgIpc) is 2.94. The van der Waals surface area contributed by atoms with Crippen LogP contribution in [0.4, 0.5) is 0 Å². The summed E-state index contributed by atoms with van der Waals surface area (Å²) >= 11 is 0. The van der Waals surface area contributed by atoms with Crippen LogP contribution in [0.15, 0.2) is 24.8 Å². The summed E-state index contributed by atoms with van der Waals surface area (Å²) in [7, 11) is 0. The second kappa shape index (κ2) is 33.6. The normalized spacial score (nSPS) is 12.6. The molecule has 0 fully saturated rings. The monoisotopic (exact) mass is 546 g/mol. The molecule has 0 spiro atoms. The molecule has 1 heteroatoms. The first-order valence-electron chi connectivity index (χ1n) is 18.2. The molecule has 0 aromatic carbocycles. The number of hydrogen-bond acceptors (Lipinski definition) is 1. The van der Waals surface area contributed by atoms with E-state index in [2.05, 4.69) is 50.5 Å². The first-order valence-corrected chi connectivity index (χ1v) is 18.2. The number of nitrogens with zero attached hydrogens (tertiary/aromatic N) is 1. The smallest absolute Gasteiger partial charge is 0.00161 e. The quantitative estimate of drug-likeness (QED) is 0.0585. The summed E-state index contributed by atoms with van der Waals surface area (Å²) in [4.78, 5) is 2.69. The fourth-order valence-corrected chi connectivity index (χ4v) is 5.85. The van der Waals surface area contributed by atoms with Crippen molar-refractivity contribution in [3.8, 4) is 0 Å². The molecule has 0 saturated heterocycles. The first kappa shape index (κ1) is 38.4. The lowest BCUT2D eigenvalue weighted by atomic mass is 10.0. The van der Waals surface area contributed by atoms with Crippen LogP contribution in [0.2, 0.25) is 0 Å². The van der Waals surface area contributed by atoms with Gasteiger partial charge in [0.25, 0.3) is 0 Å². The van der Waals surface area contributed by atoms with Gasteiger partial charge in [-0.15, -0.1) is 6.58 Å². The maximum absolute atomic E-state index is 3.96. The van der Waals surface area contributed by atoms with Crippen molar-refractivity contribution in [2.75, 3.05) is 19.6 Å². The zero-order valence-electron chi connectivity index (χ0n) is 27.7. The molecule has 0 aliphatic rings. The van der Waals surface area contributed by atoms with Crippen LogP contribution < -0.4 is 0 Å². The van der Waals surface area contributed by atoms with Gasteiger partial charge >= 0.3 is 0 Å². The molecule has 0 rings (SSSR count). The first-order chi connectivity index (χ1) is 19.2. The second-order valence-electron chi connectivity index (χ2n) is 12.7. The van der Waals surface area contributed by atoms with Crippen LogP contribution in [-0.2, 0) is 0 Å². The van der Waals surface area contributed by atoms with E-state index < -0.39 is 0 Å². The van der Waals surface area contributed by atoms with Gasteiger partial charge < -0.3 is 4.90 Å². The Labute approximate surface area is 249 Å². The highest BCUT2D eigenvalue weighted by Crippen LogP contribution is 2.16. The zero-order valence-corrected chi connectivity index (χ0v) is 27.7. The van der Waals surface area contributed by atoms with Gasteiger partial charge in [0.05, 0.1) is 0 Å². The standard InChI is InChI=1S/C38H75N/c1-5-8-11-13-15-17-19-21-22-24-26-28-30-32-34-38(4)37-39(35-10-7-3)36-33-31-29-27-25-23-20-18-16-14-12-9-6-2/h7,29,31,38H,3,5-6,8-28,30,32-37H2,1-2,4H3/b31-29-. The van der Waals surface area contributed by atoms with Gasteiger partial charge in [-0.05, 0) is 38.0 Å². The maximum atomic E-state index is 3.96. The lowest BCUT2D eigenvalue weighted by Gasteiger charge is -2.25. The fourth-order valence-electron chi connectivity index (χ4n) is 5.85. The van der Waals surface area contributed by atoms with Crippen LogP contribution in [0.5, 0.6) is 0 Å². The molecule has 0 aromatic rings. The molecule has 0 heterocycles. The Morgan fingerprint density at radius 3 is 1.33 bits per heavy atom. The van der Waals surface area contributed by atoms with E-state index in [9.17, 15) is 0 Å². The fraction of sp³-hybridized carbons (Fsp3) is 0.895. The van der Waals surface area contributed by atoms with Gasteiger partial charge in [0, 0.05) is 19.6 Å². The van der Waals surface area contributed by atoms with Crippen molar-refractivity contribution in [2.24, 2.45) is 5.92 Å². The highest BCUT2D eigenvalue weighted by atomic mass is 15.1. The molecule has 0 aliphatic carbocycles. The molecule has 1 atom stereocenters. The zero-order chi connectivity index (χ0) is 28.5. The van der Waals surface area contributed by atoms with E-state index in [0.717, 1.165) is 12.3 Å². The molecule has 0 amide bonds. The van der Waals surface area contributed by atoms with Crippen LogP contribution in [0.25, 0.3) is 0 Å². The van der Waals surface area contributed by atoms with Gasteiger partial charge in [0.2, 0.25) is 0 Å². The minimum absolute atomic E-state index is 0.818. The van der Waals surface area contributed by atoms with Gasteiger partial charge in [-0.25, -0.2) is 0 Å². The summed E-state index contributed by atoms with van der Waals surface area (Å²) in [6.45, 7) is 14.7. The van der Waals surface area contributed by atoms with Crippen LogP contribution in [-0.4, -0.2) is 24.5 Å². The van der Waals surface area contributed by atoms with Crippen molar-refractivity contribution >= 4 is 0 Å². The minimum Gasteiger partial charge on any atom is -0.302 e. The summed E-state index contributed by atoms with van der Waals surface area (Å²) in [5, 5.41) is 0. The SMILES string of the molecule is C=CCCN(CC/C=C\CCCCCCCCCCC)CC(C)CCCCCCCCCCCCCCCC. The van der Waals surface area contributed by atoms with Crippen LogP contribution in [0, 0.1) is 5.92 Å². The van der Waals surface area contributed by atoms with Crippen LogP contribution in [0.1, 0.15) is 194 Å². The lowest BCUT2D eigenvalue weighted by molar-refractivity contribution is 0.237. The number of allylic oxidation sites excluding steroid dienone is 1. The Hall–Kier alpha value is -0.560. The number of hydrogen-bond donors (Lipinski definition) is 0. The predicted molar refractivity (Wildman–Crippen MR) is 181 cm³/mol. The summed E-state index contributed by atoms with van der Waals surface area (Å²) in [6.07, 6.45) is 45.1. The summed E-state index contributed by atoms with van der Waals surface area (Å²) in [5.41, 5.74) is 0. The van der Waals surface area contributed by atoms with Gasteiger partial charge in [-0.1, -0.05) is 180 Å². The van der Waals surface area contributed by atoms with Crippen molar-refractivity contribution in [3.05, 3.63) is 24.8 Å². The van der Waals surface area contributed by atoms with Crippen LogP contribution in [0.3, 0.4) is 0 Å². The number of unbranched alkanes of at least 4 members (excludes halogenated alkanes) is 22. The predicted octanol–water partition coefficient (Wildman–Crippen LogP) is 13.2. The van der Waals surface area contributed by atoms with Crippen molar-refractivity contribution in [1.29, 1.82) is 0 Å². The Kier molecular flexibility index (Phi) is 33.2. The molecule has 0 bridgehead atoms. The van der Waals surface area contributed by atoms with Crippen LogP contribution >= 0.6 is 0 Å². The van der Waals surface area contributed by atoms with Crippen molar-refractivity contribution in [1.82, 2.24) is 4.90 Å². The molecular formula is C38H75N. The summed E-state index contributed by atoms with van der Waals surface area (Å²) < 4.78 is 0. The molecule has 0 radical (unpaired) electrons. The molecule has 0 N–H and O–H groups in total. The third-order valence-corrected chi connectivity index (χ3v) is 8.52. The molecule has 0 saturated carbocycles. The van der Waals surface area contributed by atoms with Gasteiger partial charge in [0.15, 0.2) is 0 Å². The third-order valence-electron chi connectivity index (χ3n) is 8.52. The lowest BCUT2D eigenvalue weighted by Crippen LogP contribution is -2.30. The topological polar surface area (TPSA) is 3.24 Å². The summed E-state index contributed by atoms with van der Waals surface area (Å²) in [6, 6.07) is 0. The Morgan fingerprint density at radius 1 is 0.487 bits per heavy atom. The molecule has 1 unspecified atom stereocenters. The Balaban J connectivity index is 3.68. The van der Waals surface area contributed by atoms with Crippen molar-refractivity contribution < 1.29 is 0 Å². The molecule has 39 heavy (non-hydrogen) atoms. The van der Waals surface area contributed by atoms with Crippen molar-refractivity contribution in [2.45, 2.75) is 194 Å².